The van der Waals surface area contributed by atoms with Gasteiger partial charge in [0.05, 0.1) is 17.6 Å². The van der Waals surface area contributed by atoms with Crippen LogP contribution in [-0.2, 0) is 21.4 Å². The van der Waals surface area contributed by atoms with Crippen molar-refractivity contribution < 1.29 is 14.6 Å². The van der Waals surface area contributed by atoms with E-state index in [1.807, 2.05) is 32.9 Å². The molecular formula is C20H22ClN3O3. The largest absolute Gasteiger partial charge is 0.508 e. The van der Waals surface area contributed by atoms with Crippen molar-refractivity contribution in [2.24, 2.45) is 0 Å². The molecule has 3 rings (SSSR count). The van der Waals surface area contributed by atoms with Gasteiger partial charge in [-0.05, 0) is 41.2 Å². The third-order valence-corrected chi connectivity index (χ3v) is 4.80. The zero-order chi connectivity index (χ0) is 19.8. The van der Waals surface area contributed by atoms with Crippen LogP contribution >= 0.6 is 11.6 Å². The quantitative estimate of drug-likeness (QED) is 0.648. The third kappa shape index (κ3) is 3.76. The number of benzene rings is 2. The topological polar surface area (TPSA) is 88.1 Å². The van der Waals surface area contributed by atoms with Gasteiger partial charge in [0.1, 0.15) is 11.3 Å². The summed E-state index contributed by atoms with van der Waals surface area (Å²) < 4.78 is 4.72. The van der Waals surface area contributed by atoms with Crippen LogP contribution in [0.1, 0.15) is 38.3 Å². The van der Waals surface area contributed by atoms with E-state index in [4.69, 9.17) is 16.3 Å². The molecule has 0 amide bonds. The Labute approximate surface area is 162 Å². The maximum absolute atomic E-state index is 11.5. The fourth-order valence-electron chi connectivity index (χ4n) is 3.31. The minimum Gasteiger partial charge on any atom is -0.508 e. The number of aromatic hydroxyl groups is 1. The van der Waals surface area contributed by atoms with Gasteiger partial charge in [0.25, 0.3) is 0 Å². The number of carbonyl (C=O) groups is 1. The lowest BCUT2D eigenvalue weighted by Gasteiger charge is -2.25. The van der Waals surface area contributed by atoms with Gasteiger partial charge >= 0.3 is 5.97 Å². The Kier molecular flexibility index (Phi) is 5.11. The fourth-order valence-corrected chi connectivity index (χ4v) is 3.56. The van der Waals surface area contributed by atoms with Crippen molar-refractivity contribution in [3.8, 4) is 16.9 Å². The summed E-state index contributed by atoms with van der Waals surface area (Å²) >= 11 is 6.53. The second-order valence-corrected chi connectivity index (χ2v) is 7.90. The highest BCUT2D eigenvalue weighted by Crippen LogP contribution is 2.44. The number of aromatic nitrogens is 3. The molecule has 142 valence electrons. The van der Waals surface area contributed by atoms with E-state index in [0.717, 1.165) is 22.2 Å². The number of phenols is 1. The average Bonchev–Trinajstić information content (AvgIpc) is 3.06. The third-order valence-electron chi connectivity index (χ3n) is 4.49. The molecule has 0 saturated heterocycles. The molecule has 7 heteroatoms. The van der Waals surface area contributed by atoms with Gasteiger partial charge < -0.3 is 9.84 Å². The minimum atomic E-state index is -0.338. The SMILES string of the molecule is COC(=O)CCc1cc(O)c(C(C)(C)C)c(-c2c(Cl)ccc3[nH]nnc23)c1. The van der Waals surface area contributed by atoms with Crippen molar-refractivity contribution in [2.75, 3.05) is 7.11 Å². The number of ether oxygens (including phenoxy) is 1. The van der Waals surface area contributed by atoms with Gasteiger partial charge in [-0.2, -0.15) is 0 Å². The Morgan fingerprint density at radius 1 is 1.30 bits per heavy atom. The molecule has 2 aromatic carbocycles. The Bertz CT molecular complexity index is 1010. The Morgan fingerprint density at radius 3 is 2.70 bits per heavy atom. The molecule has 0 atom stereocenters. The van der Waals surface area contributed by atoms with E-state index in [0.29, 0.717) is 22.5 Å². The van der Waals surface area contributed by atoms with E-state index in [1.54, 1.807) is 12.1 Å². The number of nitrogens with zero attached hydrogens (tertiary/aromatic N) is 2. The van der Waals surface area contributed by atoms with Gasteiger partial charge in [0.2, 0.25) is 0 Å². The number of carbonyl (C=O) groups excluding carboxylic acids is 1. The molecule has 0 aliphatic carbocycles. The predicted molar refractivity (Wildman–Crippen MR) is 105 cm³/mol. The summed E-state index contributed by atoms with van der Waals surface area (Å²) in [5.41, 5.74) is 4.13. The van der Waals surface area contributed by atoms with Crippen LogP contribution in [-0.4, -0.2) is 33.6 Å². The molecule has 6 nitrogen and oxygen atoms in total. The van der Waals surface area contributed by atoms with Gasteiger partial charge in [-0.15, -0.1) is 5.10 Å². The number of hydrogen-bond acceptors (Lipinski definition) is 5. The first kappa shape index (κ1) is 19.2. The number of fused-ring (bicyclic) bond motifs is 1. The van der Waals surface area contributed by atoms with E-state index in [2.05, 4.69) is 15.4 Å². The first-order valence-electron chi connectivity index (χ1n) is 8.65. The van der Waals surface area contributed by atoms with E-state index in [9.17, 15) is 9.90 Å². The van der Waals surface area contributed by atoms with Crippen molar-refractivity contribution in [1.29, 1.82) is 0 Å². The smallest absolute Gasteiger partial charge is 0.305 e. The molecule has 0 radical (unpaired) electrons. The second kappa shape index (κ2) is 7.19. The molecule has 0 aliphatic heterocycles. The highest BCUT2D eigenvalue weighted by molar-refractivity contribution is 6.35. The molecule has 2 N–H and O–H groups in total. The lowest BCUT2D eigenvalue weighted by Crippen LogP contribution is -2.14. The maximum atomic E-state index is 11.5. The van der Waals surface area contributed by atoms with Gasteiger partial charge in [0.15, 0.2) is 0 Å². The Morgan fingerprint density at radius 2 is 2.04 bits per heavy atom. The number of aromatic amines is 1. The number of aryl methyl sites for hydroxylation is 1. The molecule has 0 saturated carbocycles. The number of H-pyrrole nitrogens is 1. The lowest BCUT2D eigenvalue weighted by molar-refractivity contribution is -0.140. The number of hydrogen-bond donors (Lipinski definition) is 2. The van der Waals surface area contributed by atoms with Gasteiger partial charge in [0, 0.05) is 17.5 Å². The monoisotopic (exact) mass is 387 g/mol. The molecule has 27 heavy (non-hydrogen) atoms. The van der Waals surface area contributed by atoms with Gasteiger partial charge in [-0.3, -0.25) is 9.89 Å². The Hall–Kier alpha value is -2.60. The fraction of sp³-hybridized carbons (Fsp3) is 0.350. The van der Waals surface area contributed by atoms with Crippen molar-refractivity contribution in [3.63, 3.8) is 0 Å². The molecule has 0 aliphatic rings. The summed E-state index contributed by atoms with van der Waals surface area (Å²) in [5.74, 6) is -0.135. The van der Waals surface area contributed by atoms with E-state index in [1.165, 1.54) is 7.11 Å². The standard InChI is InChI=1S/C20H22ClN3O3/c1-20(2,3)18-12(9-11(10-15(18)25)5-8-16(26)27-4)17-13(21)6-7-14-19(17)23-24-22-14/h6-7,9-10,25H,5,8H2,1-4H3,(H,22,23,24). The summed E-state index contributed by atoms with van der Waals surface area (Å²) in [6, 6.07) is 7.25. The van der Waals surface area contributed by atoms with Gasteiger partial charge in [-0.25, -0.2) is 0 Å². The van der Waals surface area contributed by atoms with E-state index in [-0.39, 0.29) is 23.6 Å². The summed E-state index contributed by atoms with van der Waals surface area (Å²) in [5, 5.41) is 22.2. The summed E-state index contributed by atoms with van der Waals surface area (Å²) in [6.07, 6.45) is 0.677. The van der Waals surface area contributed by atoms with E-state index < -0.39 is 0 Å². The van der Waals surface area contributed by atoms with E-state index >= 15 is 0 Å². The first-order valence-corrected chi connectivity index (χ1v) is 9.03. The van der Waals surface area contributed by atoms with Crippen molar-refractivity contribution in [1.82, 2.24) is 15.4 Å². The number of esters is 1. The number of nitrogens with one attached hydrogen (secondary N) is 1. The van der Waals surface area contributed by atoms with Crippen LogP contribution in [0.3, 0.4) is 0 Å². The van der Waals surface area contributed by atoms with Crippen molar-refractivity contribution >= 4 is 28.6 Å². The molecule has 1 heterocycles. The highest BCUT2D eigenvalue weighted by atomic mass is 35.5. The van der Waals surface area contributed by atoms with Crippen molar-refractivity contribution in [2.45, 2.75) is 39.0 Å². The van der Waals surface area contributed by atoms with Crippen LogP contribution in [0.15, 0.2) is 24.3 Å². The summed E-state index contributed by atoms with van der Waals surface area (Å²) in [7, 11) is 1.36. The van der Waals surface area contributed by atoms with Gasteiger partial charge in [-0.1, -0.05) is 43.7 Å². The zero-order valence-electron chi connectivity index (χ0n) is 15.8. The molecular weight excluding hydrogens is 366 g/mol. The van der Waals surface area contributed by atoms with Crippen molar-refractivity contribution in [3.05, 3.63) is 40.4 Å². The zero-order valence-corrected chi connectivity index (χ0v) is 16.5. The number of phenolic OH excluding ortho intramolecular Hbond substituents is 1. The maximum Gasteiger partial charge on any atom is 0.305 e. The van der Waals surface area contributed by atoms with Crippen LogP contribution in [0.2, 0.25) is 5.02 Å². The van der Waals surface area contributed by atoms with Crippen LogP contribution in [0.5, 0.6) is 5.75 Å². The average molecular weight is 388 g/mol. The number of methoxy groups -OCH3 is 1. The molecule has 0 unspecified atom stereocenters. The van der Waals surface area contributed by atoms with Crippen LogP contribution in [0, 0.1) is 0 Å². The first-order chi connectivity index (χ1) is 12.7. The molecule has 1 aromatic heterocycles. The second-order valence-electron chi connectivity index (χ2n) is 7.49. The number of rotatable bonds is 4. The van der Waals surface area contributed by atoms with Crippen LogP contribution in [0.4, 0.5) is 0 Å². The van der Waals surface area contributed by atoms with Crippen LogP contribution in [0.25, 0.3) is 22.2 Å². The summed E-state index contributed by atoms with van der Waals surface area (Å²) in [6.45, 7) is 6.07. The minimum absolute atomic E-state index is 0.163. The molecule has 0 bridgehead atoms. The number of halogens is 1. The summed E-state index contributed by atoms with van der Waals surface area (Å²) in [4.78, 5) is 11.5. The predicted octanol–water partition coefficient (Wildman–Crippen LogP) is 4.39. The molecule has 0 spiro atoms. The lowest BCUT2D eigenvalue weighted by atomic mass is 9.79. The molecule has 3 aromatic rings. The van der Waals surface area contributed by atoms with Crippen LogP contribution < -0.4 is 0 Å². The molecule has 0 fully saturated rings. The highest BCUT2D eigenvalue weighted by Gasteiger charge is 2.26. The Balaban J connectivity index is 2.25. The normalized spacial score (nSPS) is 11.7.